The number of carbonyl (C=O) groups is 1. The molecular weight excluding hydrogens is 317 g/mol. The van der Waals surface area contributed by atoms with Gasteiger partial charge in [-0.25, -0.2) is 0 Å². The molecule has 1 fully saturated rings. The number of likely N-dealkylation sites (tertiary alicyclic amines) is 1. The van der Waals surface area contributed by atoms with E-state index >= 15 is 0 Å². The molecule has 0 aliphatic carbocycles. The van der Waals surface area contributed by atoms with Crippen LogP contribution in [-0.4, -0.2) is 29.9 Å². The first-order chi connectivity index (χ1) is 11.2. The van der Waals surface area contributed by atoms with Gasteiger partial charge in [-0.3, -0.25) is 4.79 Å². The second-order valence-corrected chi connectivity index (χ2v) is 6.63. The van der Waals surface area contributed by atoms with Crippen LogP contribution >= 0.6 is 0 Å². The smallest absolute Gasteiger partial charge is 0.341 e. The number of piperidine rings is 1. The Hall–Kier alpha value is -1.56. The predicted octanol–water partition coefficient (Wildman–Crippen LogP) is 3.78. The molecule has 2 unspecified atom stereocenters. The molecule has 1 aliphatic heterocycles. The summed E-state index contributed by atoms with van der Waals surface area (Å²) < 4.78 is 37.8. The van der Waals surface area contributed by atoms with Gasteiger partial charge in [0.2, 0.25) is 5.91 Å². The number of nitrogens with two attached hydrogens (primary N) is 1. The van der Waals surface area contributed by atoms with Crippen molar-refractivity contribution in [1.82, 2.24) is 4.90 Å². The van der Waals surface area contributed by atoms with Gasteiger partial charge in [0.1, 0.15) is 0 Å². The number of rotatable bonds is 4. The van der Waals surface area contributed by atoms with Crippen LogP contribution < -0.4 is 5.73 Å². The number of hydrogen-bond donors (Lipinski definition) is 1. The molecule has 0 bridgehead atoms. The third-order valence-electron chi connectivity index (χ3n) is 5.06. The second-order valence-electron chi connectivity index (χ2n) is 6.63. The maximum Gasteiger partial charge on any atom is 0.416 e. The number of amides is 1. The SMILES string of the molecule is CCC(C)C(N)C(=O)N1CCC(c2ccc(C(F)(F)F)cc2)CC1. The molecule has 6 heteroatoms. The molecule has 3 nitrogen and oxygen atoms in total. The number of halogens is 3. The molecule has 1 amide bonds. The Labute approximate surface area is 141 Å². The van der Waals surface area contributed by atoms with Crippen molar-refractivity contribution in [1.29, 1.82) is 0 Å². The van der Waals surface area contributed by atoms with Gasteiger partial charge in [-0.1, -0.05) is 32.4 Å². The monoisotopic (exact) mass is 342 g/mol. The van der Waals surface area contributed by atoms with Crippen LogP contribution in [0.4, 0.5) is 13.2 Å². The minimum atomic E-state index is -4.31. The van der Waals surface area contributed by atoms with Gasteiger partial charge < -0.3 is 10.6 Å². The standard InChI is InChI=1S/C18H25F3N2O/c1-3-12(2)16(22)17(24)23-10-8-14(9-11-23)13-4-6-15(7-5-13)18(19,20)21/h4-7,12,14,16H,3,8-11,22H2,1-2H3. The zero-order chi connectivity index (χ0) is 17.9. The van der Waals surface area contributed by atoms with Crippen LogP contribution in [0.25, 0.3) is 0 Å². The van der Waals surface area contributed by atoms with Crippen LogP contribution in [0.15, 0.2) is 24.3 Å². The van der Waals surface area contributed by atoms with E-state index in [0.29, 0.717) is 13.1 Å². The molecule has 0 radical (unpaired) electrons. The van der Waals surface area contributed by atoms with Crippen molar-refractivity contribution in [2.75, 3.05) is 13.1 Å². The summed E-state index contributed by atoms with van der Waals surface area (Å²) in [5, 5.41) is 0. The maximum atomic E-state index is 12.6. The largest absolute Gasteiger partial charge is 0.416 e. The predicted molar refractivity (Wildman–Crippen MR) is 87.4 cm³/mol. The average Bonchev–Trinajstić information content (AvgIpc) is 2.59. The molecule has 0 saturated carbocycles. The molecule has 0 spiro atoms. The molecule has 1 aromatic rings. The Morgan fingerprint density at radius 1 is 1.25 bits per heavy atom. The fourth-order valence-electron chi connectivity index (χ4n) is 3.09. The van der Waals surface area contributed by atoms with Crippen molar-refractivity contribution in [3.05, 3.63) is 35.4 Å². The highest BCUT2D eigenvalue weighted by molar-refractivity contribution is 5.82. The van der Waals surface area contributed by atoms with Gasteiger partial charge in [0.05, 0.1) is 11.6 Å². The Morgan fingerprint density at radius 3 is 2.25 bits per heavy atom. The zero-order valence-corrected chi connectivity index (χ0v) is 14.1. The van der Waals surface area contributed by atoms with Crippen molar-refractivity contribution in [2.45, 2.75) is 51.2 Å². The van der Waals surface area contributed by atoms with E-state index in [1.54, 1.807) is 17.0 Å². The van der Waals surface area contributed by atoms with Gasteiger partial charge in [-0.2, -0.15) is 13.2 Å². The van der Waals surface area contributed by atoms with E-state index in [9.17, 15) is 18.0 Å². The lowest BCUT2D eigenvalue weighted by atomic mass is 9.88. The Morgan fingerprint density at radius 2 is 1.79 bits per heavy atom. The molecule has 2 atom stereocenters. The molecule has 134 valence electrons. The summed E-state index contributed by atoms with van der Waals surface area (Å²) in [4.78, 5) is 14.2. The number of alkyl halides is 3. The van der Waals surface area contributed by atoms with Crippen molar-refractivity contribution < 1.29 is 18.0 Å². The van der Waals surface area contributed by atoms with E-state index in [4.69, 9.17) is 5.73 Å². The topological polar surface area (TPSA) is 46.3 Å². The lowest BCUT2D eigenvalue weighted by molar-refractivity contribution is -0.137. The van der Waals surface area contributed by atoms with Crippen molar-refractivity contribution in [3.63, 3.8) is 0 Å². The van der Waals surface area contributed by atoms with E-state index in [2.05, 4.69) is 0 Å². The van der Waals surface area contributed by atoms with Gasteiger partial charge in [0, 0.05) is 13.1 Å². The fraction of sp³-hybridized carbons (Fsp3) is 0.611. The van der Waals surface area contributed by atoms with E-state index in [-0.39, 0.29) is 17.7 Å². The van der Waals surface area contributed by atoms with Crippen LogP contribution in [0, 0.1) is 5.92 Å². The highest BCUT2D eigenvalue weighted by Crippen LogP contribution is 2.33. The molecular formula is C18H25F3N2O. The summed E-state index contributed by atoms with van der Waals surface area (Å²) in [6.07, 6.45) is -1.94. The molecule has 2 N–H and O–H groups in total. The summed E-state index contributed by atoms with van der Waals surface area (Å²) in [7, 11) is 0. The van der Waals surface area contributed by atoms with Crippen LogP contribution in [0.5, 0.6) is 0 Å². The van der Waals surface area contributed by atoms with Crippen LogP contribution in [0.2, 0.25) is 0 Å². The Balaban J connectivity index is 1.94. The fourth-order valence-corrected chi connectivity index (χ4v) is 3.09. The van der Waals surface area contributed by atoms with Gasteiger partial charge in [0.25, 0.3) is 0 Å². The Bertz CT molecular complexity index is 548. The first-order valence-electron chi connectivity index (χ1n) is 8.45. The number of carbonyl (C=O) groups excluding carboxylic acids is 1. The van der Waals surface area contributed by atoms with Crippen LogP contribution in [-0.2, 0) is 11.0 Å². The van der Waals surface area contributed by atoms with E-state index in [1.807, 2.05) is 13.8 Å². The summed E-state index contributed by atoms with van der Waals surface area (Å²) >= 11 is 0. The second kappa shape index (κ2) is 7.55. The normalized spacial score (nSPS) is 19.2. The average molecular weight is 342 g/mol. The van der Waals surface area contributed by atoms with Gasteiger partial charge >= 0.3 is 6.18 Å². The zero-order valence-electron chi connectivity index (χ0n) is 14.1. The van der Waals surface area contributed by atoms with Gasteiger partial charge in [-0.15, -0.1) is 0 Å². The summed E-state index contributed by atoms with van der Waals surface area (Å²) in [6, 6.07) is 4.89. The minimum absolute atomic E-state index is 0.0183. The Kier molecular flexibility index (Phi) is 5.91. The van der Waals surface area contributed by atoms with E-state index in [1.165, 1.54) is 0 Å². The molecule has 1 aliphatic rings. The summed E-state index contributed by atoms with van der Waals surface area (Å²) in [6.45, 7) is 5.19. The lowest BCUT2D eigenvalue weighted by Gasteiger charge is -2.34. The van der Waals surface area contributed by atoms with E-state index < -0.39 is 17.8 Å². The molecule has 1 aromatic carbocycles. The highest BCUT2D eigenvalue weighted by Gasteiger charge is 2.31. The van der Waals surface area contributed by atoms with Crippen molar-refractivity contribution in [3.8, 4) is 0 Å². The molecule has 24 heavy (non-hydrogen) atoms. The number of nitrogens with zero attached hydrogens (tertiary/aromatic N) is 1. The lowest BCUT2D eigenvalue weighted by Crippen LogP contribution is -2.49. The maximum absolute atomic E-state index is 12.6. The van der Waals surface area contributed by atoms with Crippen molar-refractivity contribution in [2.24, 2.45) is 11.7 Å². The third kappa shape index (κ3) is 4.29. The summed E-state index contributed by atoms with van der Waals surface area (Å²) in [5.41, 5.74) is 6.29. The number of benzene rings is 1. The minimum Gasteiger partial charge on any atom is -0.341 e. The first-order valence-corrected chi connectivity index (χ1v) is 8.45. The third-order valence-corrected chi connectivity index (χ3v) is 5.06. The quantitative estimate of drug-likeness (QED) is 0.905. The van der Waals surface area contributed by atoms with E-state index in [0.717, 1.165) is 37.0 Å². The first kappa shape index (κ1) is 18.8. The molecule has 0 aromatic heterocycles. The van der Waals surface area contributed by atoms with Gasteiger partial charge in [0.15, 0.2) is 0 Å². The van der Waals surface area contributed by atoms with Gasteiger partial charge in [-0.05, 0) is 42.4 Å². The van der Waals surface area contributed by atoms with Crippen LogP contribution in [0.3, 0.4) is 0 Å². The van der Waals surface area contributed by atoms with Crippen molar-refractivity contribution >= 4 is 5.91 Å². The molecule has 2 rings (SSSR count). The van der Waals surface area contributed by atoms with Crippen LogP contribution in [0.1, 0.15) is 50.2 Å². The molecule has 1 heterocycles. The number of hydrogen-bond acceptors (Lipinski definition) is 2. The summed E-state index contributed by atoms with van der Waals surface area (Å²) in [5.74, 6) is 0.316. The highest BCUT2D eigenvalue weighted by atomic mass is 19.4. The molecule has 1 saturated heterocycles.